The quantitative estimate of drug-likeness (QED) is 0.785. The molecular weight excluding hydrogens is 256 g/mol. The molecule has 4 heteroatoms. The van der Waals surface area contributed by atoms with Crippen molar-refractivity contribution in [2.24, 2.45) is 0 Å². The fourth-order valence-corrected chi connectivity index (χ4v) is 2.52. The molecule has 0 amide bonds. The Balaban J connectivity index is 2.65. The van der Waals surface area contributed by atoms with Crippen molar-refractivity contribution in [1.29, 1.82) is 5.26 Å². The first kappa shape index (κ1) is 10.4. The number of fused-ring (bicyclic) bond motifs is 1. The van der Waals surface area contributed by atoms with Gasteiger partial charge in [0, 0.05) is 5.69 Å². The van der Waals surface area contributed by atoms with E-state index in [2.05, 4.69) is 27.0 Å². The highest BCUT2D eigenvalue weighted by Crippen LogP contribution is 2.33. The summed E-state index contributed by atoms with van der Waals surface area (Å²) < 4.78 is 5.83. The molecule has 1 aromatic heterocycles. The van der Waals surface area contributed by atoms with Crippen LogP contribution >= 0.6 is 15.9 Å². The van der Waals surface area contributed by atoms with Crippen molar-refractivity contribution in [3.05, 3.63) is 21.3 Å². The molecule has 78 valence electrons. The van der Waals surface area contributed by atoms with Gasteiger partial charge in [0.05, 0.1) is 17.1 Å². The summed E-state index contributed by atoms with van der Waals surface area (Å²) in [6.45, 7) is 0. The molecular formula is C11H11BrN2O. The second kappa shape index (κ2) is 4.19. The molecule has 1 heterocycles. The molecule has 1 aromatic rings. The maximum atomic E-state index is 9.13. The fraction of sp³-hybridized carbons (Fsp3) is 0.455. The molecule has 0 saturated heterocycles. The second-order valence-electron chi connectivity index (χ2n) is 3.55. The van der Waals surface area contributed by atoms with Gasteiger partial charge in [-0.1, -0.05) is 0 Å². The Labute approximate surface area is 97.2 Å². The fourth-order valence-electron chi connectivity index (χ4n) is 1.94. The summed E-state index contributed by atoms with van der Waals surface area (Å²) in [5.74, 6) is 0.521. The molecule has 2 rings (SSSR count). The summed E-state index contributed by atoms with van der Waals surface area (Å²) in [5.41, 5.74) is 2.81. The van der Waals surface area contributed by atoms with Gasteiger partial charge in [-0.15, -0.1) is 0 Å². The van der Waals surface area contributed by atoms with Crippen molar-refractivity contribution in [3.63, 3.8) is 0 Å². The molecule has 0 fully saturated rings. The average molecular weight is 267 g/mol. The Morgan fingerprint density at radius 3 is 2.80 bits per heavy atom. The average Bonchev–Trinajstić information content (AvgIpc) is 2.28. The standard InChI is InChI=1S/C11H11BrN2O/c1-15-11-10(12)8(6-13)7-4-2-3-5-9(7)14-11/h2-5H2,1H3. The van der Waals surface area contributed by atoms with E-state index in [1.807, 2.05) is 0 Å². The summed E-state index contributed by atoms with van der Waals surface area (Å²) in [6, 6.07) is 2.23. The normalized spacial score (nSPS) is 14.2. The van der Waals surface area contributed by atoms with Crippen molar-refractivity contribution >= 4 is 15.9 Å². The molecule has 0 spiro atoms. The number of pyridine rings is 1. The lowest BCUT2D eigenvalue weighted by Crippen LogP contribution is -2.09. The lowest BCUT2D eigenvalue weighted by atomic mass is 9.93. The van der Waals surface area contributed by atoms with Gasteiger partial charge >= 0.3 is 0 Å². The number of hydrogen-bond donors (Lipinski definition) is 0. The molecule has 3 nitrogen and oxygen atoms in total. The Bertz CT molecular complexity index is 437. The minimum absolute atomic E-state index is 0.521. The Morgan fingerprint density at radius 1 is 1.40 bits per heavy atom. The smallest absolute Gasteiger partial charge is 0.229 e. The van der Waals surface area contributed by atoms with Crippen molar-refractivity contribution in [3.8, 4) is 11.9 Å². The third-order valence-corrected chi connectivity index (χ3v) is 3.43. The largest absolute Gasteiger partial charge is 0.480 e. The van der Waals surface area contributed by atoms with E-state index in [1.54, 1.807) is 7.11 Å². The van der Waals surface area contributed by atoms with E-state index in [-0.39, 0.29) is 0 Å². The second-order valence-corrected chi connectivity index (χ2v) is 4.35. The van der Waals surface area contributed by atoms with Crippen molar-refractivity contribution < 1.29 is 4.74 Å². The molecule has 0 bridgehead atoms. The summed E-state index contributed by atoms with van der Waals surface area (Å²) in [5, 5.41) is 9.13. The summed E-state index contributed by atoms with van der Waals surface area (Å²) in [6.07, 6.45) is 4.19. The number of aryl methyl sites for hydroxylation is 1. The van der Waals surface area contributed by atoms with E-state index < -0.39 is 0 Å². The highest BCUT2D eigenvalue weighted by Gasteiger charge is 2.20. The monoisotopic (exact) mass is 266 g/mol. The van der Waals surface area contributed by atoms with Crippen LogP contribution in [0.3, 0.4) is 0 Å². The SMILES string of the molecule is COc1nc2c(c(C#N)c1Br)CCCC2. The molecule has 0 saturated carbocycles. The molecule has 1 aliphatic rings. The van der Waals surface area contributed by atoms with E-state index in [4.69, 9.17) is 10.00 Å². The highest BCUT2D eigenvalue weighted by molar-refractivity contribution is 9.10. The lowest BCUT2D eigenvalue weighted by Gasteiger charge is -2.18. The molecule has 0 N–H and O–H groups in total. The van der Waals surface area contributed by atoms with Crippen LogP contribution in [0.2, 0.25) is 0 Å². The van der Waals surface area contributed by atoms with Crippen LogP contribution in [0.5, 0.6) is 5.88 Å². The number of methoxy groups -OCH3 is 1. The van der Waals surface area contributed by atoms with Crippen LogP contribution < -0.4 is 4.74 Å². The minimum Gasteiger partial charge on any atom is -0.480 e. The predicted molar refractivity (Wildman–Crippen MR) is 59.8 cm³/mol. The number of ether oxygens (including phenoxy) is 1. The lowest BCUT2D eigenvalue weighted by molar-refractivity contribution is 0.391. The molecule has 0 aromatic carbocycles. The summed E-state index contributed by atoms with van der Waals surface area (Å²) >= 11 is 3.37. The van der Waals surface area contributed by atoms with Crippen molar-refractivity contribution in [2.75, 3.05) is 7.11 Å². The van der Waals surface area contributed by atoms with Gasteiger partial charge in [0.1, 0.15) is 6.07 Å². The minimum atomic E-state index is 0.521. The molecule has 0 radical (unpaired) electrons. The molecule has 15 heavy (non-hydrogen) atoms. The molecule has 0 aliphatic heterocycles. The van der Waals surface area contributed by atoms with Gasteiger partial charge in [-0.25, -0.2) is 4.98 Å². The van der Waals surface area contributed by atoms with Crippen LogP contribution in [0.1, 0.15) is 29.7 Å². The zero-order valence-electron chi connectivity index (χ0n) is 8.51. The maximum Gasteiger partial charge on any atom is 0.229 e. The first-order valence-electron chi connectivity index (χ1n) is 4.93. The number of nitriles is 1. The first-order valence-corrected chi connectivity index (χ1v) is 5.72. The third kappa shape index (κ3) is 1.72. The molecule has 1 aliphatic carbocycles. The van der Waals surface area contributed by atoms with E-state index in [1.165, 1.54) is 0 Å². The van der Waals surface area contributed by atoms with Crippen molar-refractivity contribution in [2.45, 2.75) is 25.7 Å². The van der Waals surface area contributed by atoms with Crippen LogP contribution in [0.25, 0.3) is 0 Å². The number of halogens is 1. The van der Waals surface area contributed by atoms with Gasteiger partial charge in [-0.05, 0) is 47.2 Å². The predicted octanol–water partition coefficient (Wildman–Crippen LogP) is 2.60. The van der Waals surface area contributed by atoms with Crippen LogP contribution in [0, 0.1) is 11.3 Å². The van der Waals surface area contributed by atoms with Crippen LogP contribution in [0.15, 0.2) is 4.47 Å². The third-order valence-electron chi connectivity index (χ3n) is 2.69. The molecule has 0 atom stereocenters. The molecule has 0 unspecified atom stereocenters. The van der Waals surface area contributed by atoms with E-state index in [0.29, 0.717) is 15.9 Å². The van der Waals surface area contributed by atoms with Crippen LogP contribution in [-0.4, -0.2) is 12.1 Å². The first-order chi connectivity index (χ1) is 7.27. The number of hydrogen-bond acceptors (Lipinski definition) is 3. The zero-order chi connectivity index (χ0) is 10.8. The Hall–Kier alpha value is -1.08. The Morgan fingerprint density at radius 2 is 2.13 bits per heavy atom. The van der Waals surface area contributed by atoms with E-state index >= 15 is 0 Å². The highest BCUT2D eigenvalue weighted by atomic mass is 79.9. The van der Waals surface area contributed by atoms with Gasteiger partial charge in [0.15, 0.2) is 0 Å². The van der Waals surface area contributed by atoms with E-state index in [9.17, 15) is 0 Å². The van der Waals surface area contributed by atoms with Crippen LogP contribution in [0.4, 0.5) is 0 Å². The maximum absolute atomic E-state index is 9.13. The van der Waals surface area contributed by atoms with Crippen molar-refractivity contribution in [1.82, 2.24) is 4.98 Å². The van der Waals surface area contributed by atoms with Gasteiger partial charge in [-0.3, -0.25) is 0 Å². The number of aromatic nitrogens is 1. The Kier molecular flexibility index (Phi) is 2.92. The van der Waals surface area contributed by atoms with E-state index in [0.717, 1.165) is 36.9 Å². The van der Waals surface area contributed by atoms with Gasteiger partial charge < -0.3 is 4.74 Å². The summed E-state index contributed by atoms with van der Waals surface area (Å²) in [7, 11) is 1.57. The van der Waals surface area contributed by atoms with Crippen LogP contribution in [-0.2, 0) is 12.8 Å². The van der Waals surface area contributed by atoms with Gasteiger partial charge in [0.2, 0.25) is 5.88 Å². The topological polar surface area (TPSA) is 45.9 Å². The number of nitrogens with zero attached hydrogens (tertiary/aromatic N) is 2. The number of rotatable bonds is 1. The summed E-state index contributed by atoms with van der Waals surface area (Å²) in [4.78, 5) is 4.42. The van der Waals surface area contributed by atoms with Gasteiger partial charge in [-0.2, -0.15) is 5.26 Å². The van der Waals surface area contributed by atoms with Gasteiger partial charge in [0.25, 0.3) is 0 Å². The zero-order valence-corrected chi connectivity index (χ0v) is 10.1.